The molecular weight excluding hydrogens is 302 g/mol. The molecule has 0 saturated heterocycles. The minimum atomic E-state index is -0.499. The molecule has 0 radical (unpaired) electrons. The Bertz CT molecular complexity index is 573. The number of nitrogens with one attached hydrogen (secondary N) is 1. The van der Waals surface area contributed by atoms with Gasteiger partial charge in [-0.25, -0.2) is 8.78 Å². The summed E-state index contributed by atoms with van der Waals surface area (Å²) in [4.78, 5) is 4.04. The van der Waals surface area contributed by atoms with Crippen molar-refractivity contribution in [3.63, 3.8) is 0 Å². The van der Waals surface area contributed by atoms with Crippen LogP contribution in [0.25, 0.3) is 0 Å². The molecule has 0 unspecified atom stereocenters. The summed E-state index contributed by atoms with van der Waals surface area (Å²) in [5.74, 6) is -0.995. The van der Waals surface area contributed by atoms with Crippen LogP contribution >= 0.6 is 15.9 Å². The zero-order chi connectivity index (χ0) is 13.1. The van der Waals surface area contributed by atoms with Crippen LogP contribution in [-0.2, 0) is 6.54 Å². The summed E-state index contributed by atoms with van der Waals surface area (Å²) >= 11 is 2.93. The molecule has 0 atom stereocenters. The van der Waals surface area contributed by atoms with Gasteiger partial charge < -0.3 is 5.32 Å². The molecule has 0 saturated carbocycles. The van der Waals surface area contributed by atoms with E-state index in [2.05, 4.69) is 26.2 Å². The van der Waals surface area contributed by atoms with E-state index in [-0.39, 0.29) is 10.2 Å². The van der Waals surface area contributed by atoms with Gasteiger partial charge in [0.2, 0.25) is 0 Å². The van der Waals surface area contributed by atoms with Gasteiger partial charge in [0.15, 0.2) is 0 Å². The van der Waals surface area contributed by atoms with Crippen molar-refractivity contribution in [1.29, 1.82) is 0 Å². The fourth-order valence-electron chi connectivity index (χ4n) is 1.57. The second-order valence-corrected chi connectivity index (χ2v) is 4.82. The van der Waals surface area contributed by atoms with Gasteiger partial charge in [0.1, 0.15) is 11.6 Å². The van der Waals surface area contributed by atoms with Crippen molar-refractivity contribution in [3.05, 3.63) is 57.8 Å². The van der Waals surface area contributed by atoms with Gasteiger partial charge in [-0.1, -0.05) is 6.07 Å². The Morgan fingerprint density at radius 1 is 1.17 bits per heavy atom. The zero-order valence-corrected chi connectivity index (χ0v) is 11.3. The first-order valence-corrected chi connectivity index (χ1v) is 6.14. The molecule has 0 spiro atoms. The molecule has 2 aromatic rings. The Kier molecular flexibility index (Phi) is 3.91. The lowest BCUT2D eigenvalue weighted by Crippen LogP contribution is -2.03. The number of hydrogen-bond acceptors (Lipinski definition) is 2. The second-order valence-electron chi connectivity index (χ2n) is 3.97. The van der Waals surface area contributed by atoms with Gasteiger partial charge in [-0.15, -0.1) is 0 Å². The average molecular weight is 313 g/mol. The first-order chi connectivity index (χ1) is 8.56. The van der Waals surface area contributed by atoms with Gasteiger partial charge in [-0.2, -0.15) is 0 Å². The average Bonchev–Trinajstić information content (AvgIpc) is 2.32. The Hall–Kier alpha value is -1.49. The maximum atomic E-state index is 13.5. The van der Waals surface area contributed by atoms with Gasteiger partial charge >= 0.3 is 0 Å². The highest BCUT2D eigenvalue weighted by Gasteiger charge is 2.07. The van der Waals surface area contributed by atoms with Gasteiger partial charge in [-0.3, -0.25) is 4.98 Å². The van der Waals surface area contributed by atoms with Crippen LogP contribution in [0.15, 0.2) is 35.1 Å². The number of aromatic nitrogens is 1. The summed E-state index contributed by atoms with van der Waals surface area (Å²) in [5.41, 5.74) is 2.08. The normalized spacial score (nSPS) is 10.4. The first-order valence-electron chi connectivity index (χ1n) is 5.35. The van der Waals surface area contributed by atoms with Gasteiger partial charge in [0, 0.05) is 25.0 Å². The van der Waals surface area contributed by atoms with Crippen molar-refractivity contribution < 1.29 is 8.78 Å². The van der Waals surface area contributed by atoms with Crippen molar-refractivity contribution in [2.75, 3.05) is 5.32 Å². The smallest absolute Gasteiger partial charge is 0.147 e. The molecule has 1 aromatic carbocycles. The zero-order valence-electron chi connectivity index (χ0n) is 9.67. The van der Waals surface area contributed by atoms with Gasteiger partial charge in [-0.05, 0) is 40.0 Å². The topological polar surface area (TPSA) is 24.9 Å². The molecule has 0 aliphatic rings. The van der Waals surface area contributed by atoms with E-state index in [4.69, 9.17) is 0 Å². The number of pyridine rings is 1. The number of anilines is 1. The monoisotopic (exact) mass is 312 g/mol. The lowest BCUT2D eigenvalue weighted by atomic mass is 10.2. The van der Waals surface area contributed by atoms with Crippen LogP contribution in [-0.4, -0.2) is 4.98 Å². The summed E-state index contributed by atoms with van der Waals surface area (Å²) in [5, 5.41) is 2.85. The van der Waals surface area contributed by atoms with Gasteiger partial charge in [0.05, 0.1) is 10.2 Å². The van der Waals surface area contributed by atoms with Crippen molar-refractivity contribution in [1.82, 2.24) is 4.98 Å². The predicted octanol–water partition coefficient (Wildman–Crippen LogP) is 4.04. The molecule has 1 N–H and O–H groups in total. The van der Waals surface area contributed by atoms with Crippen LogP contribution in [0.5, 0.6) is 0 Å². The Labute approximate surface area is 112 Å². The number of aryl methyl sites for hydroxylation is 1. The van der Waals surface area contributed by atoms with Crippen LogP contribution in [0, 0.1) is 18.6 Å². The number of hydrogen-bond donors (Lipinski definition) is 1. The third kappa shape index (κ3) is 3.04. The lowest BCUT2D eigenvalue weighted by molar-refractivity contribution is 0.596. The lowest BCUT2D eigenvalue weighted by Gasteiger charge is -2.08. The highest BCUT2D eigenvalue weighted by Crippen LogP contribution is 2.23. The molecule has 0 aliphatic carbocycles. The van der Waals surface area contributed by atoms with Crippen molar-refractivity contribution >= 4 is 21.6 Å². The largest absolute Gasteiger partial charge is 0.378 e. The van der Waals surface area contributed by atoms with Crippen LogP contribution in [0.1, 0.15) is 11.1 Å². The van der Waals surface area contributed by atoms with Crippen LogP contribution in [0.4, 0.5) is 14.5 Å². The third-order valence-electron chi connectivity index (χ3n) is 2.42. The minimum absolute atomic E-state index is 0.114. The standard InChI is InChI=1S/C13H11BrF2N2/c1-8-2-9(6-17-5-8)7-18-13-4-11(15)10(14)3-12(13)16/h2-6,18H,7H2,1H3. The van der Waals surface area contributed by atoms with E-state index >= 15 is 0 Å². The predicted molar refractivity (Wildman–Crippen MR) is 70.4 cm³/mol. The highest BCUT2D eigenvalue weighted by atomic mass is 79.9. The molecule has 18 heavy (non-hydrogen) atoms. The number of halogens is 3. The third-order valence-corrected chi connectivity index (χ3v) is 3.03. The second kappa shape index (κ2) is 5.44. The molecule has 0 aliphatic heterocycles. The Morgan fingerprint density at radius 2 is 1.94 bits per heavy atom. The minimum Gasteiger partial charge on any atom is -0.378 e. The van der Waals surface area contributed by atoms with Crippen molar-refractivity contribution in [2.45, 2.75) is 13.5 Å². The summed E-state index contributed by atoms with van der Waals surface area (Å²) < 4.78 is 26.9. The highest BCUT2D eigenvalue weighted by molar-refractivity contribution is 9.10. The molecule has 0 amide bonds. The molecule has 0 fully saturated rings. The van der Waals surface area contributed by atoms with E-state index < -0.39 is 11.6 Å². The van der Waals surface area contributed by atoms with E-state index in [1.165, 1.54) is 0 Å². The SMILES string of the molecule is Cc1cncc(CNc2cc(F)c(Br)cc2F)c1. The number of rotatable bonds is 3. The molecular formula is C13H11BrF2N2. The molecule has 5 heteroatoms. The molecule has 0 bridgehead atoms. The van der Waals surface area contributed by atoms with E-state index in [9.17, 15) is 8.78 Å². The Morgan fingerprint density at radius 3 is 2.67 bits per heavy atom. The van der Waals surface area contributed by atoms with E-state index in [1.54, 1.807) is 12.4 Å². The van der Waals surface area contributed by atoms with E-state index in [1.807, 2.05) is 13.0 Å². The molecule has 94 valence electrons. The fraction of sp³-hybridized carbons (Fsp3) is 0.154. The maximum Gasteiger partial charge on any atom is 0.147 e. The quantitative estimate of drug-likeness (QED) is 0.865. The summed E-state index contributed by atoms with van der Waals surface area (Å²) in [7, 11) is 0. The van der Waals surface area contributed by atoms with Crippen LogP contribution in [0.3, 0.4) is 0 Å². The first kappa shape index (κ1) is 13.0. The number of benzene rings is 1. The summed E-state index contributed by atoms with van der Waals surface area (Å²) in [6, 6.07) is 4.17. The number of nitrogens with zero attached hydrogens (tertiary/aromatic N) is 1. The van der Waals surface area contributed by atoms with E-state index in [0.29, 0.717) is 6.54 Å². The van der Waals surface area contributed by atoms with Crippen LogP contribution < -0.4 is 5.32 Å². The summed E-state index contributed by atoms with van der Waals surface area (Å²) in [6.07, 6.45) is 3.43. The van der Waals surface area contributed by atoms with E-state index in [0.717, 1.165) is 23.3 Å². The molecule has 1 heterocycles. The van der Waals surface area contributed by atoms with Crippen molar-refractivity contribution in [2.24, 2.45) is 0 Å². The summed E-state index contributed by atoms with van der Waals surface area (Å²) in [6.45, 7) is 2.32. The van der Waals surface area contributed by atoms with Crippen LogP contribution in [0.2, 0.25) is 0 Å². The van der Waals surface area contributed by atoms with Crippen molar-refractivity contribution in [3.8, 4) is 0 Å². The molecule has 2 rings (SSSR count). The molecule has 2 nitrogen and oxygen atoms in total. The maximum absolute atomic E-state index is 13.5. The van der Waals surface area contributed by atoms with Gasteiger partial charge in [0.25, 0.3) is 0 Å². The molecule has 1 aromatic heterocycles. The Balaban J connectivity index is 2.13. The fourth-order valence-corrected chi connectivity index (χ4v) is 1.88.